The molecule has 0 aromatic carbocycles. The van der Waals surface area contributed by atoms with Crippen LogP contribution in [-0.2, 0) is 0 Å². The van der Waals surface area contributed by atoms with Crippen molar-refractivity contribution in [3.05, 3.63) is 41.1 Å². The number of carbonyl (C=O) groups is 1. The molecule has 5 heterocycles. The molecule has 3 N–H and O–H groups in total. The number of amides is 2. The number of likely N-dealkylation sites (tertiary alicyclic amines) is 1. The summed E-state index contributed by atoms with van der Waals surface area (Å²) in [5.74, 6) is 1.31. The van der Waals surface area contributed by atoms with Gasteiger partial charge in [-0.05, 0) is 50.0 Å². The summed E-state index contributed by atoms with van der Waals surface area (Å²) in [5.41, 5.74) is 2.87. The number of nitrogens with one attached hydrogen (secondary N) is 3. The standard InChI is InChI=1S/C25H27ClN8OS/c26-20-14-28-24-22(32-20)17(13-27-24)23-31-18(19-7-4-10-36-19)12-21(33-23)29-15-5-3-6-16(11-15)30-25(35)34-8-1-2-9-34/h4,7,10,12-16H,1-3,5-6,8-9,11H2,(H,27,28)(H,30,35)(H,29,31,33). The van der Waals surface area contributed by atoms with Crippen molar-refractivity contribution in [1.29, 1.82) is 0 Å². The van der Waals surface area contributed by atoms with Gasteiger partial charge in [0.1, 0.15) is 16.5 Å². The van der Waals surface area contributed by atoms with Gasteiger partial charge in [-0.1, -0.05) is 17.7 Å². The molecule has 0 radical (unpaired) electrons. The molecular weight excluding hydrogens is 496 g/mol. The van der Waals surface area contributed by atoms with Gasteiger partial charge in [-0.25, -0.2) is 24.7 Å². The average Bonchev–Trinajstić information content (AvgIpc) is 3.66. The number of urea groups is 1. The topological polar surface area (TPSA) is 112 Å². The largest absolute Gasteiger partial charge is 0.367 e. The fourth-order valence-electron chi connectivity index (χ4n) is 5.08. The minimum Gasteiger partial charge on any atom is -0.367 e. The fraction of sp³-hybridized carbons (Fsp3) is 0.400. The normalized spacial score (nSPS) is 20.1. The number of hydrogen-bond acceptors (Lipinski definition) is 7. The highest BCUT2D eigenvalue weighted by atomic mass is 35.5. The SMILES string of the molecule is O=C(NC1CCCC(Nc2cc(-c3cccs3)nc(-c3c[nH]c4ncc(Cl)nc34)n2)C1)N1CCCC1. The van der Waals surface area contributed by atoms with Crippen molar-refractivity contribution in [3.63, 3.8) is 0 Å². The van der Waals surface area contributed by atoms with Crippen LogP contribution in [0.2, 0.25) is 5.15 Å². The van der Waals surface area contributed by atoms with Crippen molar-refractivity contribution < 1.29 is 4.79 Å². The van der Waals surface area contributed by atoms with Gasteiger partial charge in [0.15, 0.2) is 11.5 Å². The Bertz CT molecular complexity index is 1370. The van der Waals surface area contributed by atoms with Gasteiger partial charge in [0.25, 0.3) is 0 Å². The van der Waals surface area contributed by atoms with E-state index in [4.69, 9.17) is 21.6 Å². The Kier molecular flexibility index (Phi) is 6.45. The number of thiophene rings is 1. The Morgan fingerprint density at radius 1 is 1.14 bits per heavy atom. The van der Waals surface area contributed by atoms with E-state index < -0.39 is 0 Å². The molecule has 4 aromatic rings. The number of nitrogens with zero attached hydrogens (tertiary/aromatic N) is 5. The molecule has 186 valence electrons. The van der Waals surface area contributed by atoms with Crippen LogP contribution < -0.4 is 10.6 Å². The van der Waals surface area contributed by atoms with Crippen molar-refractivity contribution in [2.75, 3.05) is 18.4 Å². The highest BCUT2D eigenvalue weighted by Crippen LogP contribution is 2.31. The summed E-state index contributed by atoms with van der Waals surface area (Å²) >= 11 is 7.76. The number of fused-ring (bicyclic) bond motifs is 1. The average molecular weight is 523 g/mol. The quantitative estimate of drug-likeness (QED) is 0.327. The minimum atomic E-state index is 0.0709. The van der Waals surface area contributed by atoms with Gasteiger partial charge < -0.3 is 20.5 Å². The maximum absolute atomic E-state index is 12.6. The van der Waals surface area contributed by atoms with Crippen molar-refractivity contribution in [2.45, 2.75) is 50.6 Å². The summed E-state index contributed by atoms with van der Waals surface area (Å²) in [5, 5.41) is 9.25. The van der Waals surface area contributed by atoms with Gasteiger partial charge in [-0.15, -0.1) is 11.3 Å². The Balaban J connectivity index is 1.26. The van der Waals surface area contributed by atoms with E-state index >= 15 is 0 Å². The third-order valence-electron chi connectivity index (χ3n) is 6.84. The van der Waals surface area contributed by atoms with Crippen LogP contribution in [0.25, 0.3) is 33.1 Å². The number of aromatic amines is 1. The highest BCUT2D eigenvalue weighted by molar-refractivity contribution is 7.13. The Morgan fingerprint density at radius 3 is 2.83 bits per heavy atom. The lowest BCUT2D eigenvalue weighted by molar-refractivity contribution is 0.200. The molecule has 36 heavy (non-hydrogen) atoms. The molecule has 2 unspecified atom stereocenters. The summed E-state index contributed by atoms with van der Waals surface area (Å²) < 4.78 is 0. The van der Waals surface area contributed by atoms with Crippen LogP contribution in [-0.4, -0.2) is 61.0 Å². The van der Waals surface area contributed by atoms with Crippen LogP contribution in [0.1, 0.15) is 38.5 Å². The Morgan fingerprint density at radius 2 is 2.00 bits per heavy atom. The molecule has 1 aliphatic carbocycles. The molecule has 9 nitrogen and oxygen atoms in total. The minimum absolute atomic E-state index is 0.0709. The molecule has 1 saturated heterocycles. The van der Waals surface area contributed by atoms with Gasteiger partial charge >= 0.3 is 6.03 Å². The van der Waals surface area contributed by atoms with Crippen molar-refractivity contribution in [1.82, 2.24) is 35.1 Å². The predicted molar refractivity (Wildman–Crippen MR) is 142 cm³/mol. The van der Waals surface area contributed by atoms with Crippen LogP contribution in [0.3, 0.4) is 0 Å². The second kappa shape index (κ2) is 10.0. The third-order valence-corrected chi connectivity index (χ3v) is 7.91. The molecule has 6 rings (SSSR count). The molecule has 2 aliphatic rings. The molecular formula is C25H27ClN8OS. The van der Waals surface area contributed by atoms with E-state index in [-0.39, 0.29) is 18.1 Å². The van der Waals surface area contributed by atoms with Gasteiger partial charge in [-0.2, -0.15) is 0 Å². The van der Waals surface area contributed by atoms with Gasteiger partial charge in [0.2, 0.25) is 0 Å². The first-order chi connectivity index (χ1) is 17.6. The zero-order valence-electron chi connectivity index (χ0n) is 19.7. The van der Waals surface area contributed by atoms with Gasteiger partial charge in [-0.3, -0.25) is 0 Å². The molecule has 2 atom stereocenters. The first-order valence-electron chi connectivity index (χ1n) is 12.4. The van der Waals surface area contributed by atoms with E-state index in [9.17, 15) is 4.79 Å². The number of rotatable bonds is 5. The van der Waals surface area contributed by atoms with Crippen LogP contribution >= 0.6 is 22.9 Å². The van der Waals surface area contributed by atoms with E-state index in [2.05, 4.69) is 31.7 Å². The first-order valence-corrected chi connectivity index (χ1v) is 13.6. The van der Waals surface area contributed by atoms with Gasteiger partial charge in [0, 0.05) is 37.4 Å². The smallest absolute Gasteiger partial charge is 0.317 e. The molecule has 0 bridgehead atoms. The highest BCUT2D eigenvalue weighted by Gasteiger charge is 2.27. The lowest BCUT2D eigenvalue weighted by Crippen LogP contribution is -2.47. The van der Waals surface area contributed by atoms with E-state index in [1.54, 1.807) is 11.3 Å². The first kappa shape index (κ1) is 23.2. The number of halogens is 1. The summed E-state index contributed by atoms with van der Waals surface area (Å²) in [6.07, 6.45) is 9.47. The number of anilines is 1. The zero-order valence-corrected chi connectivity index (χ0v) is 21.3. The second-order valence-electron chi connectivity index (χ2n) is 9.38. The Hall–Kier alpha value is -3.24. The summed E-state index contributed by atoms with van der Waals surface area (Å²) in [7, 11) is 0. The summed E-state index contributed by atoms with van der Waals surface area (Å²) in [4.78, 5) is 37.2. The van der Waals surface area contributed by atoms with E-state index in [0.29, 0.717) is 22.1 Å². The molecule has 1 aliphatic heterocycles. The molecule has 11 heteroatoms. The number of carbonyl (C=O) groups excluding carboxylic acids is 1. The summed E-state index contributed by atoms with van der Waals surface area (Å²) in [6, 6.07) is 6.50. The van der Waals surface area contributed by atoms with Crippen LogP contribution in [0.5, 0.6) is 0 Å². The van der Waals surface area contributed by atoms with Crippen LogP contribution in [0.4, 0.5) is 10.6 Å². The summed E-state index contributed by atoms with van der Waals surface area (Å²) in [6.45, 7) is 1.72. The van der Waals surface area contributed by atoms with E-state index in [1.807, 2.05) is 28.6 Å². The zero-order chi connectivity index (χ0) is 24.5. The maximum atomic E-state index is 12.6. The second-order valence-corrected chi connectivity index (χ2v) is 10.7. The third kappa shape index (κ3) is 4.87. The predicted octanol–water partition coefficient (Wildman–Crippen LogP) is 5.33. The fourth-order valence-corrected chi connectivity index (χ4v) is 5.90. The van der Waals surface area contributed by atoms with Crippen LogP contribution in [0.15, 0.2) is 36.0 Å². The molecule has 4 aromatic heterocycles. The molecule has 2 fully saturated rings. The number of H-pyrrole nitrogens is 1. The maximum Gasteiger partial charge on any atom is 0.317 e. The monoisotopic (exact) mass is 522 g/mol. The van der Waals surface area contributed by atoms with E-state index in [1.165, 1.54) is 6.20 Å². The van der Waals surface area contributed by atoms with E-state index in [0.717, 1.165) is 73.6 Å². The van der Waals surface area contributed by atoms with Gasteiger partial charge in [0.05, 0.1) is 22.3 Å². The van der Waals surface area contributed by atoms with Crippen molar-refractivity contribution in [3.8, 4) is 22.0 Å². The lowest BCUT2D eigenvalue weighted by Gasteiger charge is -2.32. The number of hydrogen-bond donors (Lipinski definition) is 3. The molecule has 1 saturated carbocycles. The van der Waals surface area contributed by atoms with Crippen molar-refractivity contribution in [2.24, 2.45) is 0 Å². The molecule has 0 spiro atoms. The molecule has 2 amide bonds. The van der Waals surface area contributed by atoms with Crippen LogP contribution in [0, 0.1) is 0 Å². The number of aromatic nitrogens is 5. The lowest BCUT2D eigenvalue weighted by atomic mass is 9.91. The van der Waals surface area contributed by atoms with Crippen molar-refractivity contribution >= 4 is 46.0 Å². The Labute approximate surface area is 217 Å².